The Morgan fingerprint density at radius 1 is 0.398 bits per heavy atom. The van der Waals surface area contributed by atoms with Gasteiger partial charge in [0.15, 0.2) is 34.5 Å². The van der Waals surface area contributed by atoms with E-state index in [1.54, 1.807) is 0 Å². The number of ether oxygens (including phenoxy) is 6. The van der Waals surface area contributed by atoms with E-state index < -0.39 is 201 Å². The molecule has 0 bridgehead atoms. The molecule has 0 radical (unpaired) electrons. The molecule has 16 N–H and O–H groups in total. The predicted molar refractivity (Wildman–Crippen MR) is 294 cm³/mol. The zero-order valence-corrected chi connectivity index (χ0v) is 44.9. The van der Waals surface area contributed by atoms with Crippen LogP contribution in [0.3, 0.4) is 0 Å². The Morgan fingerprint density at radius 2 is 0.761 bits per heavy atom. The summed E-state index contributed by atoms with van der Waals surface area (Å²) < 4.78 is 46.7. The number of aromatic hydroxyl groups is 10. The quantitative estimate of drug-likeness (QED) is 0.0548. The van der Waals surface area contributed by atoms with Gasteiger partial charge in [-0.1, -0.05) is 12.1 Å². The Hall–Kier alpha value is -10.0. The van der Waals surface area contributed by atoms with Gasteiger partial charge in [0.05, 0.1) is 11.8 Å². The lowest BCUT2D eigenvalue weighted by Gasteiger charge is -2.50. The summed E-state index contributed by atoms with van der Waals surface area (Å²) >= 11 is 0. The predicted octanol–water partition coefficient (Wildman–Crippen LogP) is 2.26. The molecule has 2 aromatic heterocycles. The van der Waals surface area contributed by atoms with Crippen LogP contribution in [0.1, 0.15) is 23.0 Å². The molecule has 2 saturated heterocycles. The fourth-order valence-corrected chi connectivity index (χ4v) is 11.1. The highest BCUT2D eigenvalue weighted by Crippen LogP contribution is 2.60. The van der Waals surface area contributed by atoms with Crippen LogP contribution in [-0.4, -0.2) is 168 Å². The smallest absolute Gasteiger partial charge is 0.310 e. The first-order valence-electron chi connectivity index (χ1n) is 26.6. The molecular formula is C60H52O28. The van der Waals surface area contributed by atoms with E-state index >= 15 is 0 Å². The number of carbonyl (C=O) groups excluding carboxylic acids is 2. The highest BCUT2D eigenvalue weighted by Gasteiger charge is 2.61. The van der Waals surface area contributed by atoms with Crippen LogP contribution in [0.25, 0.3) is 44.6 Å². The van der Waals surface area contributed by atoms with E-state index in [9.17, 15) is 101 Å². The van der Waals surface area contributed by atoms with Crippen molar-refractivity contribution in [2.24, 2.45) is 11.8 Å². The Kier molecular flexibility index (Phi) is 15.8. The molecule has 11 rings (SSSR count). The van der Waals surface area contributed by atoms with Crippen molar-refractivity contribution in [2.75, 3.05) is 13.2 Å². The van der Waals surface area contributed by atoms with Crippen LogP contribution < -0.4 is 20.3 Å². The molecule has 460 valence electrons. The number of benzene rings is 6. The molecule has 6 aromatic carbocycles. The second-order valence-corrected chi connectivity index (χ2v) is 21.1. The summed E-state index contributed by atoms with van der Waals surface area (Å²) in [5.74, 6) is -16.5. The van der Waals surface area contributed by atoms with Crippen molar-refractivity contribution >= 4 is 33.9 Å². The van der Waals surface area contributed by atoms with Crippen LogP contribution in [-0.2, 0) is 28.5 Å². The topological polar surface area (TPSA) is 474 Å². The molecule has 28 nitrogen and oxygen atoms in total. The summed E-state index contributed by atoms with van der Waals surface area (Å²) in [5, 5.41) is 170. The number of phenols is 10. The Balaban J connectivity index is 0.888. The molecular weight excluding hydrogens is 1170 g/mol. The maximum Gasteiger partial charge on any atom is 0.310 e. The number of fused-ring (bicyclic) bond motifs is 2. The van der Waals surface area contributed by atoms with E-state index in [4.69, 9.17) is 37.3 Å². The van der Waals surface area contributed by atoms with E-state index in [-0.39, 0.29) is 44.9 Å². The molecule has 88 heavy (non-hydrogen) atoms. The first-order valence-corrected chi connectivity index (χ1v) is 26.6. The summed E-state index contributed by atoms with van der Waals surface area (Å²) in [6.45, 7) is -2.07. The summed E-state index contributed by atoms with van der Waals surface area (Å²) in [6.07, 6.45) is -20.9. The maximum atomic E-state index is 14.8. The van der Waals surface area contributed by atoms with Gasteiger partial charge in [-0.15, -0.1) is 0 Å². The van der Waals surface area contributed by atoms with Gasteiger partial charge in [0.1, 0.15) is 118 Å². The average Bonchev–Trinajstić information content (AvgIpc) is 0.783. The number of hydrogen-bond acceptors (Lipinski definition) is 28. The third-order valence-corrected chi connectivity index (χ3v) is 15.5. The summed E-state index contributed by atoms with van der Waals surface area (Å²) in [7, 11) is 0. The van der Waals surface area contributed by atoms with Crippen LogP contribution in [0.5, 0.6) is 69.0 Å². The van der Waals surface area contributed by atoms with Gasteiger partial charge >= 0.3 is 11.9 Å². The average molecular weight is 1220 g/mol. The van der Waals surface area contributed by atoms with E-state index in [0.29, 0.717) is 0 Å². The minimum Gasteiger partial charge on any atom is -0.508 e. The zero-order valence-electron chi connectivity index (χ0n) is 44.9. The van der Waals surface area contributed by atoms with Gasteiger partial charge in [-0.2, -0.15) is 0 Å². The van der Waals surface area contributed by atoms with Crippen molar-refractivity contribution in [3.8, 4) is 91.6 Å². The number of aliphatic hydroxyl groups is 6. The molecule has 0 spiro atoms. The third kappa shape index (κ3) is 10.9. The van der Waals surface area contributed by atoms with Gasteiger partial charge in [0, 0.05) is 47.2 Å². The van der Waals surface area contributed by atoms with Gasteiger partial charge in [-0.3, -0.25) is 19.2 Å². The maximum absolute atomic E-state index is 14.8. The number of phenolic OH excluding ortho intramolecular Hbond substituents is 10. The van der Waals surface area contributed by atoms with E-state index in [0.717, 1.165) is 48.5 Å². The molecule has 4 heterocycles. The van der Waals surface area contributed by atoms with Gasteiger partial charge in [-0.05, 0) is 83.9 Å². The van der Waals surface area contributed by atoms with Crippen LogP contribution in [0.2, 0.25) is 0 Å². The molecule has 3 fully saturated rings. The van der Waals surface area contributed by atoms with E-state index in [2.05, 4.69) is 0 Å². The van der Waals surface area contributed by atoms with Crippen molar-refractivity contribution in [1.82, 2.24) is 0 Å². The Labute approximate surface area is 491 Å². The first kappa shape index (κ1) is 59.7. The van der Waals surface area contributed by atoms with E-state index in [1.165, 1.54) is 60.7 Å². The lowest BCUT2D eigenvalue weighted by atomic mass is 9.52. The van der Waals surface area contributed by atoms with Gasteiger partial charge in [0.2, 0.25) is 34.9 Å². The highest BCUT2D eigenvalue weighted by molar-refractivity contribution is 5.90. The van der Waals surface area contributed by atoms with Gasteiger partial charge in [-0.25, -0.2) is 0 Å². The van der Waals surface area contributed by atoms with Crippen molar-refractivity contribution in [3.63, 3.8) is 0 Å². The van der Waals surface area contributed by atoms with Crippen LogP contribution >= 0.6 is 0 Å². The van der Waals surface area contributed by atoms with Gasteiger partial charge < -0.3 is 119 Å². The van der Waals surface area contributed by atoms with Crippen molar-refractivity contribution < 1.29 is 129 Å². The first-order chi connectivity index (χ1) is 41.9. The van der Waals surface area contributed by atoms with Crippen LogP contribution in [0.4, 0.5) is 0 Å². The molecule has 0 unspecified atom stereocenters. The Bertz CT molecular complexity index is 3860. The molecule has 3 aliphatic rings. The number of rotatable bonds is 14. The molecule has 1 aliphatic carbocycles. The standard InChI is InChI=1S/C60H52O28/c61-25-7-1-21(2-8-25)53-55(47(73)41-33(69)15-27(63)17-35(41)83-53)87-59-51(77)49(75)45(71)37(85-59)19-81-57(79)43-39(23-5-11-29(65)31(67)13-23)40(24-6-12-30(66)32(68)14-24)44(43)58(80)82-20-38-46(72)50(76)52(78)60(86-38)88-56-48(74)42-34(70)16-28(64)18-36(42)84-54(56)22-3-9-26(62)10-4-22/h1-18,37-40,43-46,49-52,59-72,75-78H,19-20H2/t37-,38-,39+,40+,43+,44+,45+,46+,49+,50+,51-,52-,59+,60+/m1/s1. The third-order valence-electron chi connectivity index (χ3n) is 15.5. The van der Waals surface area contributed by atoms with Crippen molar-refractivity contribution in [3.05, 3.63) is 141 Å². The molecule has 14 atom stereocenters. The molecule has 8 aromatic rings. The summed E-state index contributed by atoms with van der Waals surface area (Å²) in [5.41, 5.74) is -2.64. The summed E-state index contributed by atoms with van der Waals surface area (Å²) in [4.78, 5) is 57.8. The van der Waals surface area contributed by atoms with Crippen molar-refractivity contribution in [2.45, 2.75) is 73.2 Å². The normalized spacial score (nSPS) is 26.0. The second kappa shape index (κ2) is 23.3. The molecule has 2 aliphatic heterocycles. The van der Waals surface area contributed by atoms with Gasteiger partial charge in [0.25, 0.3) is 0 Å². The highest BCUT2D eigenvalue weighted by atomic mass is 16.7. The largest absolute Gasteiger partial charge is 0.508 e. The lowest BCUT2D eigenvalue weighted by molar-refractivity contribution is -0.280. The molecule has 0 amide bonds. The van der Waals surface area contributed by atoms with E-state index in [1.807, 2.05) is 0 Å². The minimum atomic E-state index is -2.18. The fraction of sp³-hybridized carbons (Fsp3) is 0.267. The van der Waals surface area contributed by atoms with Crippen LogP contribution in [0, 0.1) is 11.8 Å². The summed E-state index contributed by atoms with van der Waals surface area (Å²) in [6, 6.07) is 20.5. The number of esters is 2. The van der Waals surface area contributed by atoms with Crippen LogP contribution in [0.15, 0.2) is 128 Å². The fourth-order valence-electron chi connectivity index (χ4n) is 11.1. The lowest BCUT2D eigenvalue weighted by Crippen LogP contribution is -2.61. The zero-order chi connectivity index (χ0) is 62.9. The van der Waals surface area contributed by atoms with Crippen molar-refractivity contribution in [1.29, 1.82) is 0 Å². The number of hydrogen-bond donors (Lipinski definition) is 16. The number of aliphatic hydroxyl groups excluding tert-OH is 6. The Morgan fingerprint density at radius 3 is 1.11 bits per heavy atom. The molecule has 28 heteroatoms. The minimum absolute atomic E-state index is 0.0535. The monoisotopic (exact) mass is 1220 g/mol. The SMILES string of the molecule is O=C(OC[C@H]1O[C@@H](Oc2c(-c3ccc(O)cc3)oc3cc(O)cc(O)c3c2=O)[C@H](O)[C@@H](O)[C@H]1O)[C@@H]1[C@@H](C(=O)OC[C@H]2O[C@@H](Oc3c(-c4ccc(O)cc4)oc4cc(O)cc(O)c4c3=O)[C@H](O)[C@@H](O)[C@H]2O)[C@@H](c2ccc(O)c(O)c2)[C@@H]1c1ccc(O)c(O)c1. The molecule has 1 saturated carbocycles. The second-order valence-electron chi connectivity index (χ2n) is 21.1. The number of carbonyl (C=O) groups is 2.